The molecule has 22 heavy (non-hydrogen) atoms. The van der Waals surface area contributed by atoms with Crippen molar-refractivity contribution in [3.63, 3.8) is 0 Å². The van der Waals surface area contributed by atoms with Crippen LogP contribution in [0.25, 0.3) is 0 Å². The summed E-state index contributed by atoms with van der Waals surface area (Å²) in [6.45, 7) is 0.788. The molecule has 0 unspecified atom stereocenters. The van der Waals surface area contributed by atoms with Crippen LogP contribution in [0.3, 0.4) is 0 Å². The molecule has 0 radical (unpaired) electrons. The molecule has 4 aliphatic rings. The van der Waals surface area contributed by atoms with Crippen molar-refractivity contribution in [1.29, 1.82) is 0 Å². The maximum atomic E-state index is 12.3. The number of halogens is 1. The standard InChI is InChI=1S/C19H24ClNO/c20-17-4-2-1-3-16(17)18(22)21-6-5-19-10-13-7-14(11-19)9-15(8-13)12-19/h1-4,13-15H,5-12H2,(H,21,22). The Bertz CT molecular complexity index is 547. The van der Waals surface area contributed by atoms with E-state index in [4.69, 9.17) is 11.6 Å². The number of carbonyl (C=O) groups excluding carboxylic acids is 1. The Kier molecular flexibility index (Phi) is 3.68. The van der Waals surface area contributed by atoms with Gasteiger partial charge in [0.1, 0.15) is 0 Å². The molecule has 1 aromatic carbocycles. The largest absolute Gasteiger partial charge is 0.352 e. The Morgan fingerprint density at radius 3 is 2.27 bits per heavy atom. The SMILES string of the molecule is O=C(NCCC12CC3CC(CC(C3)C1)C2)c1ccccc1Cl. The molecule has 2 nitrogen and oxygen atoms in total. The number of amides is 1. The van der Waals surface area contributed by atoms with Crippen molar-refractivity contribution in [2.45, 2.75) is 44.9 Å². The molecule has 3 heteroatoms. The fourth-order valence-electron chi connectivity index (χ4n) is 5.78. The highest BCUT2D eigenvalue weighted by Crippen LogP contribution is 2.61. The van der Waals surface area contributed by atoms with Crippen molar-refractivity contribution in [2.24, 2.45) is 23.2 Å². The van der Waals surface area contributed by atoms with E-state index < -0.39 is 0 Å². The maximum absolute atomic E-state index is 12.3. The molecule has 5 rings (SSSR count). The predicted molar refractivity (Wildman–Crippen MR) is 89.0 cm³/mol. The second-order valence-electron chi connectivity index (χ2n) is 7.90. The average Bonchev–Trinajstić information content (AvgIpc) is 2.46. The van der Waals surface area contributed by atoms with Crippen LogP contribution in [-0.4, -0.2) is 12.5 Å². The number of carbonyl (C=O) groups is 1. The maximum Gasteiger partial charge on any atom is 0.252 e. The van der Waals surface area contributed by atoms with Crippen LogP contribution in [0.2, 0.25) is 5.02 Å². The summed E-state index contributed by atoms with van der Waals surface area (Å²) in [6, 6.07) is 7.28. The summed E-state index contributed by atoms with van der Waals surface area (Å²) in [5.74, 6) is 2.90. The molecular weight excluding hydrogens is 294 g/mol. The van der Waals surface area contributed by atoms with Crippen LogP contribution in [0.1, 0.15) is 55.3 Å². The minimum absolute atomic E-state index is 0.0321. The Labute approximate surface area is 137 Å². The fourth-order valence-corrected chi connectivity index (χ4v) is 6.00. The molecule has 1 N–H and O–H groups in total. The van der Waals surface area contributed by atoms with E-state index in [9.17, 15) is 4.79 Å². The highest BCUT2D eigenvalue weighted by molar-refractivity contribution is 6.33. The summed E-state index contributed by atoms with van der Waals surface area (Å²) in [5.41, 5.74) is 1.12. The Morgan fingerprint density at radius 1 is 1.09 bits per heavy atom. The van der Waals surface area contributed by atoms with Gasteiger partial charge in [0.15, 0.2) is 0 Å². The molecule has 1 amide bonds. The lowest BCUT2D eigenvalue weighted by Gasteiger charge is -2.57. The van der Waals surface area contributed by atoms with Gasteiger partial charge in [0.25, 0.3) is 5.91 Å². The van der Waals surface area contributed by atoms with Crippen LogP contribution in [0.4, 0.5) is 0 Å². The van der Waals surface area contributed by atoms with Gasteiger partial charge in [-0.15, -0.1) is 0 Å². The van der Waals surface area contributed by atoms with E-state index in [2.05, 4.69) is 5.32 Å². The van der Waals surface area contributed by atoms with Crippen molar-refractivity contribution in [3.8, 4) is 0 Å². The van der Waals surface area contributed by atoms with Crippen LogP contribution in [0, 0.1) is 23.2 Å². The molecule has 0 atom stereocenters. The van der Waals surface area contributed by atoms with E-state index in [1.54, 1.807) is 12.1 Å². The van der Waals surface area contributed by atoms with Crippen molar-refractivity contribution in [1.82, 2.24) is 5.32 Å². The summed E-state index contributed by atoms with van der Waals surface area (Å²) in [4.78, 5) is 12.3. The topological polar surface area (TPSA) is 29.1 Å². The van der Waals surface area contributed by atoms with Gasteiger partial charge in [-0.2, -0.15) is 0 Å². The van der Waals surface area contributed by atoms with Crippen molar-refractivity contribution < 1.29 is 4.79 Å². The van der Waals surface area contributed by atoms with Crippen molar-refractivity contribution in [3.05, 3.63) is 34.9 Å². The van der Waals surface area contributed by atoms with Crippen molar-refractivity contribution >= 4 is 17.5 Å². The summed E-state index contributed by atoms with van der Waals surface area (Å²) in [6.07, 6.45) is 9.79. The monoisotopic (exact) mass is 317 g/mol. The quantitative estimate of drug-likeness (QED) is 0.858. The number of hydrogen-bond donors (Lipinski definition) is 1. The number of rotatable bonds is 4. The first-order chi connectivity index (χ1) is 10.6. The average molecular weight is 318 g/mol. The second-order valence-corrected chi connectivity index (χ2v) is 8.31. The van der Waals surface area contributed by atoms with Crippen LogP contribution >= 0.6 is 11.6 Å². The minimum Gasteiger partial charge on any atom is -0.352 e. The third kappa shape index (κ3) is 2.67. The molecule has 0 aromatic heterocycles. The predicted octanol–water partition coefficient (Wildman–Crippen LogP) is 4.68. The molecular formula is C19H24ClNO. The molecule has 4 saturated carbocycles. The van der Waals surface area contributed by atoms with Crippen LogP contribution in [0.5, 0.6) is 0 Å². The molecule has 4 aliphatic carbocycles. The molecule has 4 bridgehead atoms. The first-order valence-corrected chi connectivity index (χ1v) is 9.04. The zero-order valence-electron chi connectivity index (χ0n) is 13.0. The summed E-state index contributed by atoms with van der Waals surface area (Å²) in [5, 5.41) is 3.63. The molecule has 1 aromatic rings. The van der Waals surface area contributed by atoms with Gasteiger partial charge >= 0.3 is 0 Å². The van der Waals surface area contributed by atoms with Crippen LogP contribution in [0.15, 0.2) is 24.3 Å². The van der Waals surface area contributed by atoms with Crippen molar-refractivity contribution in [2.75, 3.05) is 6.54 Å². The van der Waals surface area contributed by atoms with Gasteiger partial charge in [0.05, 0.1) is 10.6 Å². The lowest BCUT2D eigenvalue weighted by Crippen LogP contribution is -2.47. The highest BCUT2D eigenvalue weighted by atomic mass is 35.5. The first-order valence-electron chi connectivity index (χ1n) is 8.66. The zero-order valence-corrected chi connectivity index (χ0v) is 13.7. The Hall–Kier alpha value is -1.02. The van der Waals surface area contributed by atoms with E-state index in [1.807, 2.05) is 12.1 Å². The molecule has 0 heterocycles. The first kappa shape index (κ1) is 14.6. The normalized spacial score (nSPS) is 35.6. The lowest BCUT2D eigenvalue weighted by atomic mass is 9.49. The van der Waals surface area contributed by atoms with Gasteiger partial charge in [0.2, 0.25) is 0 Å². The summed E-state index contributed by atoms with van der Waals surface area (Å²) >= 11 is 6.09. The zero-order chi connectivity index (χ0) is 15.2. The van der Waals surface area contributed by atoms with E-state index >= 15 is 0 Å². The summed E-state index contributed by atoms with van der Waals surface area (Å²) in [7, 11) is 0. The fraction of sp³-hybridized carbons (Fsp3) is 0.632. The highest BCUT2D eigenvalue weighted by Gasteiger charge is 2.50. The number of benzene rings is 1. The Balaban J connectivity index is 1.36. The minimum atomic E-state index is -0.0321. The number of hydrogen-bond acceptors (Lipinski definition) is 1. The lowest BCUT2D eigenvalue weighted by molar-refractivity contribution is -0.0564. The van der Waals surface area contributed by atoms with E-state index in [-0.39, 0.29) is 5.91 Å². The van der Waals surface area contributed by atoms with E-state index in [1.165, 1.54) is 38.5 Å². The van der Waals surface area contributed by atoms with Crippen LogP contribution < -0.4 is 5.32 Å². The second kappa shape index (κ2) is 5.56. The molecule has 118 valence electrons. The Morgan fingerprint density at radius 2 is 1.68 bits per heavy atom. The molecule has 0 aliphatic heterocycles. The van der Waals surface area contributed by atoms with Gasteiger partial charge in [0, 0.05) is 6.54 Å². The van der Waals surface area contributed by atoms with E-state index in [0.29, 0.717) is 16.0 Å². The van der Waals surface area contributed by atoms with Gasteiger partial charge in [-0.3, -0.25) is 4.79 Å². The van der Waals surface area contributed by atoms with Gasteiger partial charge in [-0.05, 0) is 80.2 Å². The van der Waals surface area contributed by atoms with Crippen LogP contribution in [-0.2, 0) is 0 Å². The summed E-state index contributed by atoms with van der Waals surface area (Å²) < 4.78 is 0. The van der Waals surface area contributed by atoms with Gasteiger partial charge in [-0.1, -0.05) is 23.7 Å². The molecule has 0 spiro atoms. The number of nitrogens with one attached hydrogen (secondary N) is 1. The molecule has 4 fully saturated rings. The van der Waals surface area contributed by atoms with E-state index in [0.717, 1.165) is 30.7 Å². The third-order valence-corrected chi connectivity index (χ3v) is 6.55. The van der Waals surface area contributed by atoms with Gasteiger partial charge in [-0.25, -0.2) is 0 Å². The smallest absolute Gasteiger partial charge is 0.252 e. The third-order valence-electron chi connectivity index (χ3n) is 6.22. The van der Waals surface area contributed by atoms with Gasteiger partial charge < -0.3 is 5.32 Å². The molecule has 0 saturated heterocycles.